The number of aromatic nitrogens is 2. The first kappa shape index (κ1) is 14.1. The molecule has 0 fully saturated rings. The number of carbonyl (C=O) groups is 2. The Morgan fingerprint density at radius 1 is 1.39 bits per heavy atom. The second-order valence-electron chi connectivity index (χ2n) is 4.18. The van der Waals surface area contributed by atoms with Crippen LogP contribution in [-0.4, -0.2) is 33.5 Å². The molecule has 0 saturated heterocycles. The molecule has 98 valence electrons. The van der Waals surface area contributed by atoms with Gasteiger partial charge in [-0.1, -0.05) is 6.92 Å². The van der Waals surface area contributed by atoms with Gasteiger partial charge in [0.15, 0.2) is 0 Å². The highest BCUT2D eigenvalue weighted by Gasteiger charge is 2.11. The maximum atomic E-state index is 11.6. The monoisotopic (exact) mass is 251 g/mol. The highest BCUT2D eigenvalue weighted by Crippen LogP contribution is 2.04. The van der Waals surface area contributed by atoms with Gasteiger partial charge in [-0.2, -0.15) is 0 Å². The molecule has 6 heteroatoms. The van der Waals surface area contributed by atoms with E-state index >= 15 is 0 Å². The Balaban J connectivity index is 2.29. The Morgan fingerprint density at radius 3 is 2.67 bits per heavy atom. The molecular weight excluding hydrogens is 234 g/mol. The van der Waals surface area contributed by atoms with Gasteiger partial charge < -0.3 is 10.4 Å². The van der Waals surface area contributed by atoms with Crippen LogP contribution in [0.4, 0.5) is 0 Å². The van der Waals surface area contributed by atoms with E-state index in [2.05, 4.69) is 15.3 Å². The van der Waals surface area contributed by atoms with E-state index in [1.807, 2.05) is 0 Å². The lowest BCUT2D eigenvalue weighted by molar-refractivity contribution is -0.141. The van der Waals surface area contributed by atoms with Gasteiger partial charge in [0.2, 0.25) is 0 Å². The normalized spacial score (nSPS) is 11.9. The number of carbonyl (C=O) groups excluding carboxylic acids is 1. The zero-order valence-corrected chi connectivity index (χ0v) is 10.5. The smallest absolute Gasteiger partial charge is 0.306 e. The van der Waals surface area contributed by atoms with Gasteiger partial charge in [0.1, 0.15) is 5.69 Å². The highest BCUT2D eigenvalue weighted by atomic mass is 16.4. The summed E-state index contributed by atoms with van der Waals surface area (Å²) < 4.78 is 0. The lowest BCUT2D eigenvalue weighted by Gasteiger charge is -2.07. The number of hydrogen-bond acceptors (Lipinski definition) is 4. The van der Waals surface area contributed by atoms with Crippen molar-refractivity contribution in [2.24, 2.45) is 5.92 Å². The van der Waals surface area contributed by atoms with Gasteiger partial charge in [-0.05, 0) is 19.8 Å². The summed E-state index contributed by atoms with van der Waals surface area (Å²) in [7, 11) is 0. The maximum absolute atomic E-state index is 11.6. The van der Waals surface area contributed by atoms with Crippen LogP contribution in [0.15, 0.2) is 12.4 Å². The number of nitrogens with zero attached hydrogens (tertiary/aromatic N) is 2. The van der Waals surface area contributed by atoms with Gasteiger partial charge in [-0.3, -0.25) is 14.6 Å². The van der Waals surface area contributed by atoms with Gasteiger partial charge in [-0.25, -0.2) is 4.98 Å². The van der Waals surface area contributed by atoms with Gasteiger partial charge >= 0.3 is 5.97 Å². The second-order valence-corrected chi connectivity index (χ2v) is 4.18. The average molecular weight is 251 g/mol. The summed E-state index contributed by atoms with van der Waals surface area (Å²) in [6, 6.07) is 0. The van der Waals surface area contributed by atoms with Crippen molar-refractivity contribution >= 4 is 11.9 Å². The summed E-state index contributed by atoms with van der Waals surface area (Å²) in [5.74, 6) is -1.49. The fourth-order valence-corrected chi connectivity index (χ4v) is 1.33. The van der Waals surface area contributed by atoms with E-state index in [0.29, 0.717) is 19.4 Å². The fourth-order valence-electron chi connectivity index (χ4n) is 1.33. The van der Waals surface area contributed by atoms with Crippen molar-refractivity contribution in [2.45, 2.75) is 26.7 Å². The Kier molecular flexibility index (Phi) is 5.23. The van der Waals surface area contributed by atoms with Crippen LogP contribution in [0.3, 0.4) is 0 Å². The van der Waals surface area contributed by atoms with Crippen molar-refractivity contribution in [3.8, 4) is 0 Å². The van der Waals surface area contributed by atoms with Crippen molar-refractivity contribution in [2.75, 3.05) is 6.54 Å². The first-order valence-corrected chi connectivity index (χ1v) is 5.80. The molecule has 0 aliphatic heterocycles. The van der Waals surface area contributed by atoms with E-state index in [1.54, 1.807) is 13.8 Å². The molecule has 1 aromatic rings. The van der Waals surface area contributed by atoms with Gasteiger partial charge in [0.05, 0.1) is 17.8 Å². The molecule has 1 amide bonds. The highest BCUT2D eigenvalue weighted by molar-refractivity contribution is 5.91. The molecular formula is C12H17N3O3. The molecule has 0 saturated carbocycles. The predicted molar refractivity (Wildman–Crippen MR) is 65.1 cm³/mol. The van der Waals surface area contributed by atoms with E-state index in [9.17, 15) is 9.59 Å². The minimum atomic E-state index is -0.814. The average Bonchev–Trinajstić information content (AvgIpc) is 2.34. The summed E-state index contributed by atoms with van der Waals surface area (Å²) in [6.07, 6.45) is 4.11. The molecule has 1 unspecified atom stereocenters. The third-order valence-electron chi connectivity index (χ3n) is 2.53. The van der Waals surface area contributed by atoms with Crippen molar-refractivity contribution in [3.05, 3.63) is 23.8 Å². The molecule has 1 aromatic heterocycles. The van der Waals surface area contributed by atoms with Crippen molar-refractivity contribution in [1.29, 1.82) is 0 Å². The number of aryl methyl sites for hydroxylation is 1. The Labute approximate surface area is 105 Å². The van der Waals surface area contributed by atoms with Crippen molar-refractivity contribution in [3.63, 3.8) is 0 Å². The van der Waals surface area contributed by atoms with Crippen LogP contribution < -0.4 is 5.32 Å². The standard InChI is InChI=1S/C12H17N3O3/c1-8(12(17)18)4-3-5-13-11(16)10-7-14-9(2)6-15-10/h6-8H,3-5H2,1-2H3,(H,13,16)(H,17,18). The Bertz CT molecular complexity index is 417. The van der Waals surface area contributed by atoms with Crippen molar-refractivity contribution in [1.82, 2.24) is 15.3 Å². The minimum Gasteiger partial charge on any atom is -0.481 e. The predicted octanol–water partition coefficient (Wildman–Crippen LogP) is 1.02. The molecule has 0 bridgehead atoms. The lowest BCUT2D eigenvalue weighted by atomic mass is 10.1. The molecule has 0 spiro atoms. The number of amides is 1. The second kappa shape index (κ2) is 6.68. The number of nitrogens with one attached hydrogen (secondary N) is 1. The lowest BCUT2D eigenvalue weighted by Crippen LogP contribution is -2.26. The fraction of sp³-hybridized carbons (Fsp3) is 0.500. The molecule has 1 rings (SSSR count). The molecule has 0 aliphatic carbocycles. The van der Waals surface area contributed by atoms with Crippen LogP contribution in [0.25, 0.3) is 0 Å². The molecule has 0 aliphatic rings. The number of carboxylic acid groups (broad SMARTS) is 1. The molecule has 0 aromatic carbocycles. The largest absolute Gasteiger partial charge is 0.481 e. The summed E-state index contributed by atoms with van der Waals surface area (Å²) in [5, 5.41) is 11.4. The molecule has 6 nitrogen and oxygen atoms in total. The molecule has 18 heavy (non-hydrogen) atoms. The summed E-state index contributed by atoms with van der Waals surface area (Å²) in [5.41, 5.74) is 1.02. The van der Waals surface area contributed by atoms with E-state index < -0.39 is 5.97 Å². The number of hydrogen-bond donors (Lipinski definition) is 2. The van der Waals surface area contributed by atoms with Gasteiger partial charge in [0, 0.05) is 12.7 Å². The molecule has 1 heterocycles. The van der Waals surface area contributed by atoms with Crippen LogP contribution in [0.1, 0.15) is 35.9 Å². The van der Waals surface area contributed by atoms with E-state index in [4.69, 9.17) is 5.11 Å². The first-order chi connectivity index (χ1) is 8.50. The zero-order valence-electron chi connectivity index (χ0n) is 10.5. The van der Waals surface area contributed by atoms with Crippen LogP contribution in [0.5, 0.6) is 0 Å². The number of rotatable bonds is 6. The van der Waals surface area contributed by atoms with Crippen LogP contribution in [-0.2, 0) is 4.79 Å². The molecule has 0 radical (unpaired) electrons. The van der Waals surface area contributed by atoms with E-state index in [-0.39, 0.29) is 17.5 Å². The third-order valence-corrected chi connectivity index (χ3v) is 2.53. The van der Waals surface area contributed by atoms with Crippen LogP contribution in [0.2, 0.25) is 0 Å². The number of aliphatic carboxylic acids is 1. The summed E-state index contributed by atoms with van der Waals surface area (Å²) >= 11 is 0. The topological polar surface area (TPSA) is 92.2 Å². The first-order valence-electron chi connectivity index (χ1n) is 5.80. The van der Waals surface area contributed by atoms with Gasteiger partial charge in [-0.15, -0.1) is 0 Å². The molecule has 2 N–H and O–H groups in total. The van der Waals surface area contributed by atoms with E-state index in [0.717, 1.165) is 5.69 Å². The van der Waals surface area contributed by atoms with Crippen LogP contribution in [0, 0.1) is 12.8 Å². The summed E-state index contributed by atoms with van der Waals surface area (Å²) in [6.45, 7) is 3.88. The minimum absolute atomic E-state index is 0.270. The van der Waals surface area contributed by atoms with Gasteiger partial charge in [0.25, 0.3) is 5.91 Å². The SMILES string of the molecule is Cc1cnc(C(=O)NCCCC(C)C(=O)O)cn1. The third kappa shape index (κ3) is 4.48. The number of carboxylic acids is 1. The maximum Gasteiger partial charge on any atom is 0.306 e. The van der Waals surface area contributed by atoms with Crippen LogP contribution >= 0.6 is 0 Å². The quantitative estimate of drug-likeness (QED) is 0.736. The Morgan fingerprint density at radius 2 is 2.11 bits per heavy atom. The van der Waals surface area contributed by atoms with E-state index in [1.165, 1.54) is 12.4 Å². The van der Waals surface area contributed by atoms with Crippen molar-refractivity contribution < 1.29 is 14.7 Å². The molecule has 1 atom stereocenters. The Hall–Kier alpha value is -1.98. The summed E-state index contributed by atoms with van der Waals surface area (Å²) in [4.78, 5) is 30.1. The zero-order chi connectivity index (χ0) is 13.5.